The Morgan fingerprint density at radius 1 is 1.19 bits per heavy atom. The van der Waals surface area contributed by atoms with Gasteiger partial charge in [0, 0.05) is 30.9 Å². The van der Waals surface area contributed by atoms with Gasteiger partial charge in [-0.15, -0.1) is 0 Å². The minimum atomic E-state index is -4.50. The number of hydrogen-bond acceptors (Lipinski definition) is 5. The minimum Gasteiger partial charge on any atom is -0.493 e. The number of allylic oxidation sites excluding steroid dienone is 1. The van der Waals surface area contributed by atoms with E-state index in [-0.39, 0.29) is 32.1 Å². The van der Waals surface area contributed by atoms with Gasteiger partial charge in [-0.05, 0) is 48.2 Å². The summed E-state index contributed by atoms with van der Waals surface area (Å²) in [4.78, 5) is 28.3. The molecular formula is C25H26F3N3O5. The first kappa shape index (κ1) is 25.5. The summed E-state index contributed by atoms with van der Waals surface area (Å²) in [5, 5.41) is 21.7. The molecule has 2 aromatic rings. The van der Waals surface area contributed by atoms with E-state index < -0.39 is 29.7 Å². The van der Waals surface area contributed by atoms with Crippen LogP contribution in [0.25, 0.3) is 5.57 Å². The molecular weight excluding hydrogens is 479 g/mol. The molecule has 192 valence electrons. The molecule has 0 saturated heterocycles. The molecule has 0 atom stereocenters. The predicted octanol–water partition coefficient (Wildman–Crippen LogP) is 3.63. The lowest BCUT2D eigenvalue weighted by Crippen LogP contribution is -2.52. The first-order valence-corrected chi connectivity index (χ1v) is 11.4. The summed E-state index contributed by atoms with van der Waals surface area (Å²) in [6, 6.07) is 7.18. The highest BCUT2D eigenvalue weighted by Gasteiger charge is 2.33. The third-order valence-corrected chi connectivity index (χ3v) is 6.26. The summed E-state index contributed by atoms with van der Waals surface area (Å²) in [7, 11) is 1.56. The van der Waals surface area contributed by atoms with Crippen LogP contribution in [-0.4, -0.2) is 60.0 Å². The Morgan fingerprint density at radius 3 is 2.64 bits per heavy atom. The van der Waals surface area contributed by atoms with Crippen LogP contribution in [0.5, 0.6) is 5.75 Å². The number of carbonyl (C=O) groups excluding carboxylic acids is 2. The molecule has 0 aromatic heterocycles. The van der Waals surface area contributed by atoms with Crippen molar-refractivity contribution >= 4 is 28.9 Å². The third-order valence-electron chi connectivity index (χ3n) is 6.26. The lowest BCUT2D eigenvalue weighted by Gasteiger charge is -2.38. The number of aliphatic hydroxyl groups is 2. The molecule has 4 rings (SSSR count). The average molecular weight is 505 g/mol. The standard InChI is InChI=1S/C25H26F3N3O5/c1-30-21-11-18(6-4-16(21)12-31(24(30)35)19(13-32)14-33)29-23(34)9-15-3-2-8-36-22-10-17(25(26,27)28)5-7-20(15)22/h4-7,9-11,19,32-33H,2-3,8,12-14H2,1H3,(H,29,34)/b15-9+. The SMILES string of the molecule is CN1C(=O)N(C(CO)CO)Cc2ccc(NC(=O)/C=C3\CCCOc4cc(C(F)(F)F)ccc43)cc21. The summed E-state index contributed by atoms with van der Waals surface area (Å²) < 4.78 is 44.8. The van der Waals surface area contributed by atoms with E-state index in [0.717, 1.165) is 17.7 Å². The maximum absolute atomic E-state index is 13.1. The van der Waals surface area contributed by atoms with Gasteiger partial charge in [0.1, 0.15) is 5.75 Å². The Balaban J connectivity index is 1.55. The van der Waals surface area contributed by atoms with E-state index in [0.29, 0.717) is 35.4 Å². The third kappa shape index (κ3) is 5.17. The summed E-state index contributed by atoms with van der Waals surface area (Å²) in [5.41, 5.74) is 1.96. The predicted molar refractivity (Wildman–Crippen MR) is 127 cm³/mol. The summed E-state index contributed by atoms with van der Waals surface area (Å²) in [6.07, 6.45) is -2.15. The van der Waals surface area contributed by atoms with Crippen molar-refractivity contribution in [2.24, 2.45) is 0 Å². The number of halogens is 3. The largest absolute Gasteiger partial charge is 0.493 e. The van der Waals surface area contributed by atoms with Crippen LogP contribution in [0.2, 0.25) is 0 Å². The molecule has 11 heteroatoms. The number of nitrogens with zero attached hydrogens (tertiary/aromatic N) is 2. The van der Waals surface area contributed by atoms with Crippen LogP contribution in [0.3, 0.4) is 0 Å². The summed E-state index contributed by atoms with van der Waals surface area (Å²) in [5.74, 6) is -0.381. The topological polar surface area (TPSA) is 102 Å². The molecule has 0 radical (unpaired) electrons. The number of ether oxygens (including phenoxy) is 1. The van der Waals surface area contributed by atoms with Crippen molar-refractivity contribution in [1.29, 1.82) is 0 Å². The van der Waals surface area contributed by atoms with E-state index in [1.165, 1.54) is 21.9 Å². The Morgan fingerprint density at radius 2 is 1.94 bits per heavy atom. The van der Waals surface area contributed by atoms with Crippen molar-refractivity contribution in [3.8, 4) is 5.75 Å². The molecule has 8 nitrogen and oxygen atoms in total. The number of urea groups is 1. The lowest BCUT2D eigenvalue weighted by atomic mass is 9.99. The van der Waals surface area contributed by atoms with Gasteiger partial charge in [-0.2, -0.15) is 13.2 Å². The monoisotopic (exact) mass is 505 g/mol. The number of aliphatic hydroxyl groups excluding tert-OH is 2. The molecule has 0 spiro atoms. The van der Waals surface area contributed by atoms with Gasteiger partial charge in [0.2, 0.25) is 5.91 Å². The average Bonchev–Trinajstić information content (AvgIpc) is 3.04. The maximum Gasteiger partial charge on any atom is 0.416 e. The maximum atomic E-state index is 13.1. The highest BCUT2D eigenvalue weighted by Crippen LogP contribution is 2.38. The zero-order valence-electron chi connectivity index (χ0n) is 19.5. The molecule has 0 fully saturated rings. The fourth-order valence-corrected chi connectivity index (χ4v) is 4.32. The summed E-state index contributed by atoms with van der Waals surface area (Å²) in [6.45, 7) is -0.317. The molecule has 2 aliphatic rings. The van der Waals surface area contributed by atoms with Crippen molar-refractivity contribution in [1.82, 2.24) is 4.90 Å². The van der Waals surface area contributed by atoms with E-state index in [1.54, 1.807) is 25.2 Å². The van der Waals surface area contributed by atoms with E-state index in [2.05, 4.69) is 5.32 Å². The minimum absolute atomic E-state index is 0.0870. The number of rotatable bonds is 5. The number of amides is 3. The molecule has 36 heavy (non-hydrogen) atoms. The van der Waals surface area contributed by atoms with Gasteiger partial charge < -0.3 is 25.2 Å². The quantitative estimate of drug-likeness (QED) is 0.539. The summed E-state index contributed by atoms with van der Waals surface area (Å²) >= 11 is 0. The number of benzene rings is 2. The number of anilines is 2. The number of alkyl halides is 3. The van der Waals surface area contributed by atoms with E-state index in [9.17, 15) is 33.0 Å². The van der Waals surface area contributed by atoms with Gasteiger partial charge >= 0.3 is 12.2 Å². The van der Waals surface area contributed by atoms with Crippen molar-refractivity contribution in [2.75, 3.05) is 37.1 Å². The number of carbonyl (C=O) groups is 2. The highest BCUT2D eigenvalue weighted by molar-refractivity contribution is 6.05. The molecule has 0 saturated carbocycles. The van der Waals surface area contributed by atoms with Crippen LogP contribution >= 0.6 is 0 Å². The van der Waals surface area contributed by atoms with Crippen LogP contribution in [0.1, 0.15) is 29.5 Å². The zero-order chi connectivity index (χ0) is 26.0. The van der Waals surface area contributed by atoms with E-state index in [4.69, 9.17) is 4.74 Å². The van der Waals surface area contributed by atoms with E-state index >= 15 is 0 Å². The Labute approximate surface area is 205 Å². The molecule has 2 heterocycles. The van der Waals surface area contributed by atoms with Gasteiger partial charge in [0.05, 0.1) is 37.1 Å². The first-order chi connectivity index (χ1) is 17.1. The molecule has 0 aliphatic carbocycles. The second-order valence-corrected chi connectivity index (χ2v) is 8.65. The van der Waals surface area contributed by atoms with Crippen LogP contribution < -0.4 is 15.0 Å². The van der Waals surface area contributed by atoms with Crippen LogP contribution in [-0.2, 0) is 17.5 Å². The smallest absolute Gasteiger partial charge is 0.416 e. The molecule has 0 bridgehead atoms. The Hall–Kier alpha value is -3.57. The van der Waals surface area contributed by atoms with Gasteiger partial charge in [0.15, 0.2) is 0 Å². The van der Waals surface area contributed by atoms with Gasteiger partial charge in [-0.25, -0.2) is 4.79 Å². The first-order valence-electron chi connectivity index (χ1n) is 11.4. The normalized spacial score (nSPS) is 17.0. The van der Waals surface area contributed by atoms with Gasteiger partial charge in [-0.3, -0.25) is 9.69 Å². The zero-order valence-corrected chi connectivity index (χ0v) is 19.5. The highest BCUT2D eigenvalue weighted by atomic mass is 19.4. The fourth-order valence-electron chi connectivity index (χ4n) is 4.32. The van der Waals surface area contributed by atoms with Gasteiger partial charge in [0.25, 0.3) is 0 Å². The second kappa shape index (κ2) is 10.2. The number of hydrogen-bond donors (Lipinski definition) is 3. The molecule has 2 aromatic carbocycles. The number of fused-ring (bicyclic) bond motifs is 2. The van der Waals surface area contributed by atoms with E-state index in [1.807, 2.05) is 0 Å². The Bertz CT molecular complexity index is 1190. The van der Waals surface area contributed by atoms with Crippen molar-refractivity contribution in [3.05, 3.63) is 59.2 Å². The molecule has 3 N–H and O–H groups in total. The van der Waals surface area contributed by atoms with Gasteiger partial charge in [-0.1, -0.05) is 12.1 Å². The van der Waals surface area contributed by atoms with Crippen molar-refractivity contribution in [3.63, 3.8) is 0 Å². The number of nitrogens with one attached hydrogen (secondary N) is 1. The van der Waals surface area contributed by atoms with Crippen LogP contribution in [0.15, 0.2) is 42.5 Å². The fraction of sp³-hybridized carbons (Fsp3) is 0.360. The molecule has 2 aliphatic heterocycles. The van der Waals surface area contributed by atoms with Crippen LogP contribution in [0, 0.1) is 0 Å². The molecule has 0 unspecified atom stereocenters. The van der Waals surface area contributed by atoms with Crippen LogP contribution in [0.4, 0.5) is 29.3 Å². The van der Waals surface area contributed by atoms with Crippen molar-refractivity contribution < 1.29 is 37.7 Å². The van der Waals surface area contributed by atoms with Crippen molar-refractivity contribution in [2.45, 2.75) is 31.6 Å². The lowest BCUT2D eigenvalue weighted by molar-refractivity contribution is -0.137. The molecule has 3 amide bonds. The second-order valence-electron chi connectivity index (χ2n) is 8.65. The Kier molecular flexibility index (Phi) is 7.23.